The van der Waals surface area contributed by atoms with Crippen molar-refractivity contribution in [1.82, 2.24) is 5.32 Å². The molecular weight excluding hydrogens is 314 g/mol. The number of nitrogens with one attached hydrogen (secondary N) is 1. The number of amides is 1. The van der Waals surface area contributed by atoms with Crippen LogP contribution in [0.1, 0.15) is 44.9 Å². The van der Waals surface area contributed by atoms with Gasteiger partial charge < -0.3 is 15.2 Å². The van der Waals surface area contributed by atoms with Crippen molar-refractivity contribution in [2.45, 2.75) is 52.1 Å². The minimum atomic E-state index is -0.969. The molecule has 1 aliphatic carbocycles. The summed E-state index contributed by atoms with van der Waals surface area (Å²) in [6, 6.07) is 3.87. The molecule has 1 heterocycles. The molecule has 23 heavy (non-hydrogen) atoms. The van der Waals surface area contributed by atoms with E-state index in [4.69, 9.17) is 4.74 Å². The van der Waals surface area contributed by atoms with Crippen LogP contribution >= 0.6 is 11.3 Å². The lowest BCUT2D eigenvalue weighted by Gasteiger charge is -2.30. The summed E-state index contributed by atoms with van der Waals surface area (Å²) in [4.78, 5) is 25.0. The van der Waals surface area contributed by atoms with E-state index < -0.39 is 23.1 Å². The summed E-state index contributed by atoms with van der Waals surface area (Å²) in [5.74, 6) is -0.402. The van der Waals surface area contributed by atoms with Gasteiger partial charge in [-0.25, -0.2) is 4.79 Å². The third kappa shape index (κ3) is 5.53. The molecule has 1 aromatic rings. The van der Waals surface area contributed by atoms with E-state index in [1.807, 2.05) is 17.5 Å². The van der Waals surface area contributed by atoms with Gasteiger partial charge in [0.05, 0.1) is 5.41 Å². The SMILES string of the molecule is CC(C)(C)OC(=O)NCC(Cc1cccs1)(CC1CC1)C(=O)O. The summed E-state index contributed by atoms with van der Waals surface area (Å²) in [5.41, 5.74) is -1.57. The van der Waals surface area contributed by atoms with Crippen molar-refractivity contribution < 1.29 is 19.4 Å². The highest BCUT2D eigenvalue weighted by Crippen LogP contribution is 2.42. The second-order valence-corrected chi connectivity index (χ2v) is 8.38. The Kier molecular flexibility index (Phi) is 5.34. The van der Waals surface area contributed by atoms with Gasteiger partial charge in [0, 0.05) is 11.4 Å². The van der Waals surface area contributed by atoms with Crippen LogP contribution in [0.5, 0.6) is 0 Å². The van der Waals surface area contributed by atoms with Crippen molar-refractivity contribution in [1.29, 1.82) is 0 Å². The van der Waals surface area contributed by atoms with Crippen molar-refractivity contribution in [3.05, 3.63) is 22.4 Å². The third-order valence-electron chi connectivity index (χ3n) is 3.89. The number of carboxylic acids is 1. The first-order valence-corrected chi connectivity index (χ1v) is 8.81. The molecule has 1 amide bonds. The largest absolute Gasteiger partial charge is 0.481 e. The molecule has 1 fully saturated rings. The van der Waals surface area contributed by atoms with Gasteiger partial charge in [-0.3, -0.25) is 4.79 Å². The van der Waals surface area contributed by atoms with Crippen LogP contribution in [0.25, 0.3) is 0 Å². The topological polar surface area (TPSA) is 75.6 Å². The number of aliphatic carboxylic acids is 1. The normalized spacial score (nSPS) is 17.3. The minimum absolute atomic E-state index is 0.0889. The number of hydrogen-bond donors (Lipinski definition) is 2. The van der Waals surface area contributed by atoms with E-state index in [1.165, 1.54) is 0 Å². The van der Waals surface area contributed by atoms with Gasteiger partial charge in [0.15, 0.2) is 0 Å². The maximum absolute atomic E-state index is 12.0. The van der Waals surface area contributed by atoms with Gasteiger partial charge in [-0.2, -0.15) is 0 Å². The molecule has 1 aromatic heterocycles. The molecule has 0 aliphatic heterocycles. The molecule has 0 aromatic carbocycles. The van der Waals surface area contributed by atoms with Crippen LogP contribution in [-0.4, -0.2) is 29.3 Å². The zero-order chi connectivity index (χ0) is 17.1. The molecule has 1 atom stereocenters. The van der Waals surface area contributed by atoms with E-state index in [9.17, 15) is 14.7 Å². The van der Waals surface area contributed by atoms with Crippen molar-refractivity contribution in [2.24, 2.45) is 11.3 Å². The van der Waals surface area contributed by atoms with Crippen LogP contribution in [0.3, 0.4) is 0 Å². The zero-order valence-electron chi connectivity index (χ0n) is 13.9. The fourth-order valence-corrected chi connectivity index (χ4v) is 3.47. The predicted molar refractivity (Wildman–Crippen MR) is 89.7 cm³/mol. The first-order valence-electron chi connectivity index (χ1n) is 7.93. The van der Waals surface area contributed by atoms with E-state index in [2.05, 4.69) is 5.32 Å². The minimum Gasteiger partial charge on any atom is -0.481 e. The number of carboxylic acid groups (broad SMARTS) is 1. The quantitative estimate of drug-likeness (QED) is 0.794. The number of thiophene rings is 1. The lowest BCUT2D eigenvalue weighted by atomic mass is 9.78. The van der Waals surface area contributed by atoms with E-state index in [0.717, 1.165) is 17.7 Å². The number of rotatable bonds is 7. The van der Waals surface area contributed by atoms with Gasteiger partial charge in [-0.05, 0) is 51.0 Å². The van der Waals surface area contributed by atoms with Gasteiger partial charge in [-0.1, -0.05) is 18.9 Å². The fourth-order valence-electron chi connectivity index (χ4n) is 2.62. The van der Waals surface area contributed by atoms with Crippen molar-refractivity contribution in [2.75, 3.05) is 6.54 Å². The summed E-state index contributed by atoms with van der Waals surface area (Å²) >= 11 is 1.55. The number of hydrogen-bond acceptors (Lipinski definition) is 4. The van der Waals surface area contributed by atoms with Gasteiger partial charge in [-0.15, -0.1) is 11.3 Å². The summed E-state index contributed by atoms with van der Waals surface area (Å²) in [6.07, 6.45) is 2.62. The van der Waals surface area contributed by atoms with Crippen LogP contribution in [-0.2, 0) is 16.0 Å². The molecular formula is C17H25NO4S. The van der Waals surface area contributed by atoms with E-state index in [-0.39, 0.29) is 6.54 Å². The Hall–Kier alpha value is -1.56. The molecule has 0 spiro atoms. The Labute approximate surface area is 141 Å². The van der Waals surface area contributed by atoms with Crippen molar-refractivity contribution >= 4 is 23.4 Å². The lowest BCUT2D eigenvalue weighted by molar-refractivity contribution is -0.149. The highest BCUT2D eigenvalue weighted by molar-refractivity contribution is 7.09. The summed E-state index contributed by atoms with van der Waals surface area (Å²) in [5, 5.41) is 14.5. The zero-order valence-corrected chi connectivity index (χ0v) is 14.7. The molecule has 1 aliphatic rings. The van der Waals surface area contributed by atoms with Crippen molar-refractivity contribution in [3.8, 4) is 0 Å². The molecule has 2 N–H and O–H groups in total. The van der Waals surface area contributed by atoms with Gasteiger partial charge >= 0.3 is 12.1 Å². The molecule has 5 nitrogen and oxygen atoms in total. The van der Waals surface area contributed by atoms with Crippen LogP contribution in [0.4, 0.5) is 4.79 Å². The Morgan fingerprint density at radius 1 is 1.39 bits per heavy atom. The summed E-state index contributed by atoms with van der Waals surface area (Å²) < 4.78 is 5.23. The first kappa shape index (κ1) is 17.8. The maximum atomic E-state index is 12.0. The summed E-state index contributed by atoms with van der Waals surface area (Å²) in [7, 11) is 0. The molecule has 0 bridgehead atoms. The molecule has 0 saturated heterocycles. The maximum Gasteiger partial charge on any atom is 0.407 e. The van der Waals surface area contributed by atoms with Crippen LogP contribution in [0.15, 0.2) is 17.5 Å². The van der Waals surface area contributed by atoms with Gasteiger partial charge in [0.25, 0.3) is 0 Å². The smallest absolute Gasteiger partial charge is 0.407 e. The number of alkyl carbamates (subject to hydrolysis) is 1. The molecule has 1 saturated carbocycles. The molecule has 0 radical (unpaired) electrons. The number of ether oxygens (including phenoxy) is 1. The monoisotopic (exact) mass is 339 g/mol. The second-order valence-electron chi connectivity index (χ2n) is 7.34. The van der Waals surface area contributed by atoms with Gasteiger partial charge in [0.2, 0.25) is 0 Å². The van der Waals surface area contributed by atoms with E-state index >= 15 is 0 Å². The molecule has 6 heteroatoms. The fraction of sp³-hybridized carbons (Fsp3) is 0.647. The van der Waals surface area contributed by atoms with Crippen LogP contribution in [0, 0.1) is 11.3 Å². The standard InChI is InChI=1S/C17H25NO4S/c1-16(2,3)22-15(21)18-11-17(14(19)20,9-12-6-7-12)10-13-5-4-8-23-13/h4-5,8,12H,6-7,9-11H2,1-3H3,(H,18,21)(H,19,20). The predicted octanol–water partition coefficient (Wildman–Crippen LogP) is 3.69. The summed E-state index contributed by atoms with van der Waals surface area (Å²) in [6.45, 7) is 5.44. The molecule has 1 unspecified atom stereocenters. The first-order chi connectivity index (χ1) is 10.7. The average Bonchev–Trinajstić information content (AvgIpc) is 3.07. The highest BCUT2D eigenvalue weighted by Gasteiger charge is 2.44. The third-order valence-corrected chi connectivity index (χ3v) is 4.77. The Bertz CT molecular complexity index is 545. The lowest BCUT2D eigenvalue weighted by Crippen LogP contribution is -2.46. The number of carbonyl (C=O) groups is 2. The van der Waals surface area contributed by atoms with Crippen LogP contribution in [0.2, 0.25) is 0 Å². The second kappa shape index (κ2) is 6.91. The average molecular weight is 339 g/mol. The van der Waals surface area contributed by atoms with Crippen LogP contribution < -0.4 is 5.32 Å². The molecule has 2 rings (SSSR count). The highest BCUT2D eigenvalue weighted by atomic mass is 32.1. The van der Waals surface area contributed by atoms with Crippen molar-refractivity contribution in [3.63, 3.8) is 0 Å². The van der Waals surface area contributed by atoms with E-state index in [0.29, 0.717) is 18.8 Å². The Morgan fingerprint density at radius 2 is 2.09 bits per heavy atom. The molecule has 128 valence electrons. The Balaban J connectivity index is 2.08. The Morgan fingerprint density at radius 3 is 2.57 bits per heavy atom. The number of carbonyl (C=O) groups excluding carboxylic acids is 1. The van der Waals surface area contributed by atoms with E-state index in [1.54, 1.807) is 32.1 Å². The van der Waals surface area contributed by atoms with Gasteiger partial charge in [0.1, 0.15) is 5.60 Å².